The van der Waals surface area contributed by atoms with E-state index in [2.05, 4.69) is 19.2 Å². The minimum Gasteiger partial charge on any atom is -0.372 e. The fourth-order valence-electron chi connectivity index (χ4n) is 2.07. The summed E-state index contributed by atoms with van der Waals surface area (Å²) in [6.07, 6.45) is -4.33. The fraction of sp³-hybridized carbons (Fsp3) is 0.600. The van der Waals surface area contributed by atoms with Gasteiger partial charge >= 0.3 is 6.18 Å². The van der Waals surface area contributed by atoms with Crippen LogP contribution in [0.1, 0.15) is 31.9 Å². The van der Waals surface area contributed by atoms with Crippen molar-refractivity contribution in [1.82, 2.24) is 5.32 Å². The lowest BCUT2D eigenvalue weighted by molar-refractivity contribution is -0.138. The third-order valence-corrected chi connectivity index (χ3v) is 3.75. The molecule has 0 aromatic heterocycles. The van der Waals surface area contributed by atoms with Crippen LogP contribution in [0.15, 0.2) is 18.2 Å². The highest BCUT2D eigenvalue weighted by Gasteiger charge is 2.33. The third-order valence-electron chi connectivity index (χ3n) is 3.75. The quantitative estimate of drug-likeness (QED) is 0.884. The molecule has 0 saturated heterocycles. The van der Waals surface area contributed by atoms with Crippen molar-refractivity contribution in [2.45, 2.75) is 39.5 Å². The number of benzene rings is 1. The van der Waals surface area contributed by atoms with Crippen LogP contribution in [0.25, 0.3) is 0 Å². The van der Waals surface area contributed by atoms with Crippen molar-refractivity contribution in [3.63, 3.8) is 0 Å². The highest BCUT2D eigenvalue weighted by atomic mass is 19.4. The Labute approximate surface area is 119 Å². The molecule has 0 aliphatic heterocycles. The van der Waals surface area contributed by atoms with Crippen molar-refractivity contribution >= 4 is 5.69 Å². The van der Waals surface area contributed by atoms with Crippen molar-refractivity contribution < 1.29 is 13.2 Å². The summed E-state index contributed by atoms with van der Waals surface area (Å²) in [6, 6.07) is 4.72. The van der Waals surface area contributed by atoms with Crippen LogP contribution in [0, 0.1) is 5.92 Å². The van der Waals surface area contributed by atoms with Gasteiger partial charge in [0, 0.05) is 25.3 Å². The topological polar surface area (TPSA) is 15.3 Å². The Kier molecular flexibility index (Phi) is 5.45. The van der Waals surface area contributed by atoms with Crippen LogP contribution in [-0.4, -0.2) is 20.1 Å². The molecule has 5 heteroatoms. The van der Waals surface area contributed by atoms with Gasteiger partial charge in [0.25, 0.3) is 0 Å². The van der Waals surface area contributed by atoms with Crippen molar-refractivity contribution in [3.8, 4) is 0 Å². The maximum absolute atomic E-state index is 13.1. The first kappa shape index (κ1) is 16.8. The average molecular weight is 288 g/mol. The third kappa shape index (κ3) is 3.88. The summed E-state index contributed by atoms with van der Waals surface area (Å²) in [5.41, 5.74) is 0.305. The lowest BCUT2D eigenvalue weighted by atomic mass is 10.0. The molecule has 114 valence electrons. The zero-order chi connectivity index (χ0) is 15.5. The predicted octanol–water partition coefficient (Wildman–Crippen LogP) is 3.91. The van der Waals surface area contributed by atoms with Gasteiger partial charge in [-0.15, -0.1) is 0 Å². The monoisotopic (exact) mass is 288 g/mol. The molecule has 0 radical (unpaired) electrons. The van der Waals surface area contributed by atoms with Gasteiger partial charge in [0.2, 0.25) is 0 Å². The first-order valence-electron chi connectivity index (χ1n) is 6.76. The predicted molar refractivity (Wildman–Crippen MR) is 76.9 cm³/mol. The summed E-state index contributed by atoms with van der Waals surface area (Å²) in [5, 5.41) is 2.77. The normalized spacial score (nSPS) is 13.7. The van der Waals surface area contributed by atoms with E-state index in [4.69, 9.17) is 0 Å². The molecule has 2 nitrogen and oxygen atoms in total. The van der Waals surface area contributed by atoms with E-state index in [9.17, 15) is 13.2 Å². The van der Waals surface area contributed by atoms with E-state index in [1.807, 2.05) is 18.9 Å². The SMILES string of the molecule is CNCc1ccc(N(C)C(C)C(C)C)cc1C(F)(F)F. The zero-order valence-electron chi connectivity index (χ0n) is 12.7. The van der Waals surface area contributed by atoms with Gasteiger partial charge in [0.05, 0.1) is 5.56 Å². The Bertz CT molecular complexity index is 441. The lowest BCUT2D eigenvalue weighted by Crippen LogP contribution is -2.33. The smallest absolute Gasteiger partial charge is 0.372 e. The van der Waals surface area contributed by atoms with Crippen LogP contribution < -0.4 is 10.2 Å². The molecule has 1 N–H and O–H groups in total. The van der Waals surface area contributed by atoms with Gasteiger partial charge in [0.1, 0.15) is 0 Å². The van der Waals surface area contributed by atoms with Gasteiger partial charge in [-0.05, 0) is 37.6 Å². The Morgan fingerprint density at radius 1 is 1.20 bits per heavy atom. The van der Waals surface area contributed by atoms with Gasteiger partial charge in [-0.1, -0.05) is 19.9 Å². The number of halogens is 3. The number of hydrogen-bond donors (Lipinski definition) is 1. The Morgan fingerprint density at radius 3 is 2.25 bits per heavy atom. The number of nitrogens with zero attached hydrogens (tertiary/aromatic N) is 1. The molecular formula is C15H23F3N2. The van der Waals surface area contributed by atoms with E-state index in [1.54, 1.807) is 19.2 Å². The first-order valence-corrected chi connectivity index (χ1v) is 6.76. The maximum atomic E-state index is 13.1. The van der Waals surface area contributed by atoms with Crippen LogP contribution in [0.4, 0.5) is 18.9 Å². The van der Waals surface area contributed by atoms with E-state index in [-0.39, 0.29) is 18.2 Å². The molecule has 1 aromatic rings. The van der Waals surface area contributed by atoms with Crippen LogP contribution in [0.5, 0.6) is 0 Å². The van der Waals surface area contributed by atoms with Crippen molar-refractivity contribution in [2.24, 2.45) is 5.92 Å². The van der Waals surface area contributed by atoms with E-state index in [0.717, 1.165) is 0 Å². The standard InChI is InChI=1S/C15H23F3N2/c1-10(2)11(3)20(5)13-7-6-12(9-19-4)14(8-13)15(16,17)18/h6-8,10-11,19H,9H2,1-5H3. The Balaban J connectivity index is 3.19. The lowest BCUT2D eigenvalue weighted by Gasteiger charge is -2.31. The maximum Gasteiger partial charge on any atom is 0.416 e. The molecule has 20 heavy (non-hydrogen) atoms. The summed E-state index contributed by atoms with van der Waals surface area (Å²) in [7, 11) is 3.47. The summed E-state index contributed by atoms with van der Waals surface area (Å²) >= 11 is 0. The number of rotatable bonds is 5. The highest BCUT2D eigenvalue weighted by Crippen LogP contribution is 2.35. The van der Waals surface area contributed by atoms with Crippen molar-refractivity contribution in [2.75, 3.05) is 19.0 Å². The molecule has 0 saturated carbocycles. The molecule has 1 atom stereocenters. The van der Waals surface area contributed by atoms with Crippen LogP contribution in [-0.2, 0) is 12.7 Å². The van der Waals surface area contributed by atoms with Gasteiger partial charge in [-0.25, -0.2) is 0 Å². The Hall–Kier alpha value is -1.23. The average Bonchev–Trinajstić information content (AvgIpc) is 2.36. The highest BCUT2D eigenvalue weighted by molar-refractivity contribution is 5.52. The van der Waals surface area contributed by atoms with E-state index < -0.39 is 11.7 Å². The minimum atomic E-state index is -4.33. The second kappa shape index (κ2) is 6.48. The molecular weight excluding hydrogens is 265 g/mol. The molecule has 0 aliphatic carbocycles. The molecule has 0 heterocycles. The zero-order valence-corrected chi connectivity index (χ0v) is 12.7. The molecule has 0 amide bonds. The number of nitrogens with one attached hydrogen (secondary N) is 1. The summed E-state index contributed by atoms with van der Waals surface area (Å²) in [6.45, 7) is 6.33. The second-order valence-electron chi connectivity index (χ2n) is 5.47. The van der Waals surface area contributed by atoms with Crippen LogP contribution >= 0.6 is 0 Å². The van der Waals surface area contributed by atoms with Crippen LogP contribution in [0.2, 0.25) is 0 Å². The molecule has 0 spiro atoms. The van der Waals surface area contributed by atoms with Crippen LogP contribution in [0.3, 0.4) is 0 Å². The van der Waals surface area contributed by atoms with E-state index in [0.29, 0.717) is 11.6 Å². The number of hydrogen-bond acceptors (Lipinski definition) is 2. The minimum absolute atomic E-state index is 0.172. The van der Waals surface area contributed by atoms with E-state index >= 15 is 0 Å². The summed E-state index contributed by atoms with van der Waals surface area (Å²) < 4.78 is 39.4. The first-order chi connectivity index (χ1) is 9.18. The van der Waals surface area contributed by atoms with E-state index in [1.165, 1.54) is 6.07 Å². The molecule has 1 unspecified atom stereocenters. The molecule has 0 fully saturated rings. The van der Waals surface area contributed by atoms with Gasteiger partial charge in [0.15, 0.2) is 0 Å². The molecule has 1 aromatic carbocycles. The molecule has 0 bridgehead atoms. The number of anilines is 1. The van der Waals surface area contributed by atoms with Crippen molar-refractivity contribution in [1.29, 1.82) is 0 Å². The molecule has 0 aliphatic rings. The summed E-state index contributed by atoms with van der Waals surface area (Å²) in [4.78, 5) is 1.89. The molecule has 1 rings (SSSR count). The van der Waals surface area contributed by atoms with Gasteiger partial charge in [-0.3, -0.25) is 0 Å². The van der Waals surface area contributed by atoms with Crippen molar-refractivity contribution in [3.05, 3.63) is 29.3 Å². The van der Waals surface area contributed by atoms with Gasteiger partial charge < -0.3 is 10.2 Å². The fourth-order valence-corrected chi connectivity index (χ4v) is 2.07. The summed E-state index contributed by atoms with van der Waals surface area (Å²) in [5.74, 6) is 0.367. The largest absolute Gasteiger partial charge is 0.416 e. The second-order valence-corrected chi connectivity index (χ2v) is 5.47. The number of alkyl halides is 3. The Morgan fingerprint density at radius 2 is 1.80 bits per heavy atom. The van der Waals surface area contributed by atoms with Gasteiger partial charge in [-0.2, -0.15) is 13.2 Å².